The number of ether oxygens (including phenoxy) is 1. The van der Waals surface area contributed by atoms with E-state index in [0.29, 0.717) is 5.75 Å². The van der Waals surface area contributed by atoms with Crippen molar-refractivity contribution in [1.82, 2.24) is 5.32 Å². The summed E-state index contributed by atoms with van der Waals surface area (Å²) in [5.41, 5.74) is 2.10. The molecule has 0 saturated heterocycles. The summed E-state index contributed by atoms with van der Waals surface area (Å²) in [5.74, 6) is 1.26. The van der Waals surface area contributed by atoms with Crippen molar-refractivity contribution in [3.63, 3.8) is 0 Å². The van der Waals surface area contributed by atoms with Crippen LogP contribution >= 0.6 is 0 Å². The molecule has 0 amide bonds. The molecule has 1 atom stereocenters. The Hall–Kier alpha value is -1.99. The third-order valence-corrected chi connectivity index (χ3v) is 7.51. The van der Waals surface area contributed by atoms with Gasteiger partial charge in [-0.2, -0.15) is 0 Å². The average Bonchev–Trinajstić information content (AvgIpc) is 2.72. The van der Waals surface area contributed by atoms with E-state index in [0.717, 1.165) is 24.3 Å². The summed E-state index contributed by atoms with van der Waals surface area (Å²) in [5, 5.41) is 13.9. The number of rotatable bonds is 9. The monoisotopic (exact) mass is 477 g/mol. The number of nitrogens with one attached hydrogen (secondary N) is 1. The van der Waals surface area contributed by atoms with E-state index in [4.69, 9.17) is 4.74 Å². The zero-order chi connectivity index (χ0) is 18.9. The first kappa shape index (κ1) is 19.8. The van der Waals surface area contributed by atoms with E-state index in [-0.39, 0.29) is 27.0 Å². The molecular weight excluding hydrogens is 450 g/mol. The van der Waals surface area contributed by atoms with E-state index in [1.165, 1.54) is 13.6 Å². The van der Waals surface area contributed by atoms with Crippen LogP contribution in [-0.4, -0.2) is 39.7 Å². The normalized spacial score (nSPS) is 11.9. The maximum absolute atomic E-state index is 10.3. The van der Waals surface area contributed by atoms with Crippen molar-refractivity contribution >= 4 is 24.5 Å². The summed E-state index contributed by atoms with van der Waals surface area (Å²) in [4.78, 5) is 0. The predicted molar refractivity (Wildman–Crippen MR) is 112 cm³/mol. The minimum atomic E-state index is -0.174. The molecule has 3 rings (SSSR count). The molecule has 3 nitrogen and oxygen atoms in total. The van der Waals surface area contributed by atoms with Gasteiger partial charge >= 0.3 is 172 Å². The van der Waals surface area contributed by atoms with Crippen molar-refractivity contribution in [3.05, 3.63) is 90.0 Å². The van der Waals surface area contributed by atoms with Crippen LogP contribution < -0.4 is 13.7 Å². The SMILES string of the molecule is COc1ccc([Te]CCCNC(c2ccccc2)c2ccccc2O)cc1. The van der Waals surface area contributed by atoms with Gasteiger partial charge in [0.05, 0.1) is 0 Å². The van der Waals surface area contributed by atoms with Crippen molar-refractivity contribution in [2.75, 3.05) is 13.7 Å². The molecule has 4 heteroatoms. The summed E-state index contributed by atoms with van der Waals surface area (Å²) in [6.07, 6.45) is 1.13. The first-order valence-corrected chi connectivity index (χ1v) is 11.9. The topological polar surface area (TPSA) is 41.5 Å². The fourth-order valence-electron chi connectivity index (χ4n) is 2.97. The fraction of sp³-hybridized carbons (Fsp3) is 0.217. The second-order valence-corrected chi connectivity index (χ2v) is 9.57. The van der Waals surface area contributed by atoms with Crippen LogP contribution in [0.2, 0.25) is 4.47 Å². The van der Waals surface area contributed by atoms with Gasteiger partial charge in [-0.1, -0.05) is 0 Å². The molecular formula is C23H25NO2Te. The predicted octanol–water partition coefficient (Wildman–Crippen LogP) is 3.92. The molecule has 0 saturated carbocycles. The maximum atomic E-state index is 10.3. The summed E-state index contributed by atoms with van der Waals surface area (Å²) in [6.45, 7) is 0.925. The van der Waals surface area contributed by atoms with E-state index < -0.39 is 0 Å². The average molecular weight is 475 g/mol. The van der Waals surface area contributed by atoms with Gasteiger partial charge < -0.3 is 0 Å². The number of aromatic hydroxyl groups is 1. The molecule has 0 aliphatic rings. The van der Waals surface area contributed by atoms with Gasteiger partial charge in [0.1, 0.15) is 0 Å². The Bertz CT molecular complexity index is 821. The standard InChI is InChI=1S/C23H25NO2Te/c1-26-19-12-14-20(15-13-19)27-17-7-16-24-23(18-8-3-2-4-9-18)21-10-5-6-11-22(21)25/h2-6,8-15,23-25H,7,16-17H2,1H3. The third-order valence-electron chi connectivity index (χ3n) is 4.38. The number of para-hydroxylation sites is 1. The number of benzene rings is 3. The Kier molecular flexibility index (Phi) is 7.59. The van der Waals surface area contributed by atoms with Gasteiger partial charge in [0.25, 0.3) is 0 Å². The molecule has 0 radical (unpaired) electrons. The summed E-state index contributed by atoms with van der Waals surface area (Å²) in [6, 6.07) is 26.4. The zero-order valence-electron chi connectivity index (χ0n) is 15.5. The van der Waals surface area contributed by atoms with Crippen LogP contribution in [-0.2, 0) is 0 Å². The van der Waals surface area contributed by atoms with Gasteiger partial charge in [0.15, 0.2) is 0 Å². The Morgan fingerprint density at radius 2 is 1.63 bits per heavy atom. The molecule has 3 aromatic rings. The van der Waals surface area contributed by atoms with Gasteiger partial charge in [-0.15, -0.1) is 0 Å². The Balaban J connectivity index is 1.56. The van der Waals surface area contributed by atoms with Crippen LogP contribution in [0.25, 0.3) is 0 Å². The first-order valence-electron chi connectivity index (χ1n) is 9.11. The van der Waals surface area contributed by atoms with Crippen LogP contribution in [0.15, 0.2) is 78.9 Å². The molecule has 27 heavy (non-hydrogen) atoms. The van der Waals surface area contributed by atoms with Crippen LogP contribution in [0.4, 0.5) is 0 Å². The van der Waals surface area contributed by atoms with Gasteiger partial charge in [0, 0.05) is 0 Å². The van der Waals surface area contributed by atoms with E-state index in [9.17, 15) is 5.11 Å². The number of phenolic OH excluding ortho intramolecular Hbond substituents is 1. The molecule has 0 aromatic heterocycles. The second-order valence-electron chi connectivity index (χ2n) is 6.23. The van der Waals surface area contributed by atoms with Gasteiger partial charge in [-0.25, -0.2) is 0 Å². The zero-order valence-corrected chi connectivity index (χ0v) is 17.8. The third kappa shape index (κ3) is 5.74. The van der Waals surface area contributed by atoms with Gasteiger partial charge in [-0.3, -0.25) is 0 Å². The molecule has 0 fully saturated rings. The van der Waals surface area contributed by atoms with E-state index >= 15 is 0 Å². The first-order chi connectivity index (χ1) is 13.3. The number of phenols is 1. The molecule has 3 aromatic carbocycles. The van der Waals surface area contributed by atoms with Crippen molar-refractivity contribution in [2.45, 2.75) is 16.9 Å². The molecule has 0 aliphatic carbocycles. The Labute approximate surface area is 171 Å². The number of methoxy groups -OCH3 is 1. The van der Waals surface area contributed by atoms with Crippen LogP contribution in [0, 0.1) is 0 Å². The van der Waals surface area contributed by atoms with Gasteiger partial charge in [-0.05, 0) is 0 Å². The van der Waals surface area contributed by atoms with Crippen LogP contribution in [0.3, 0.4) is 0 Å². The van der Waals surface area contributed by atoms with Crippen molar-refractivity contribution in [1.29, 1.82) is 0 Å². The van der Waals surface area contributed by atoms with Gasteiger partial charge in [0.2, 0.25) is 0 Å². The van der Waals surface area contributed by atoms with E-state index in [2.05, 4.69) is 29.6 Å². The molecule has 0 spiro atoms. The van der Waals surface area contributed by atoms with E-state index in [1.54, 1.807) is 13.2 Å². The van der Waals surface area contributed by atoms with E-state index in [1.807, 2.05) is 48.5 Å². The Morgan fingerprint density at radius 3 is 2.33 bits per heavy atom. The van der Waals surface area contributed by atoms with Crippen molar-refractivity contribution < 1.29 is 9.84 Å². The summed E-state index contributed by atoms with van der Waals surface area (Å²) >= 11 is -0.174. The number of hydrogen-bond donors (Lipinski definition) is 2. The number of hydrogen-bond acceptors (Lipinski definition) is 3. The minimum absolute atomic E-state index is 0.00832. The molecule has 0 bridgehead atoms. The van der Waals surface area contributed by atoms with Crippen LogP contribution in [0.1, 0.15) is 23.6 Å². The summed E-state index contributed by atoms with van der Waals surface area (Å²) < 4.78 is 7.92. The van der Waals surface area contributed by atoms with Crippen molar-refractivity contribution in [2.24, 2.45) is 0 Å². The molecule has 140 valence electrons. The van der Waals surface area contributed by atoms with Crippen LogP contribution in [0.5, 0.6) is 11.5 Å². The molecule has 0 heterocycles. The summed E-state index contributed by atoms with van der Waals surface area (Å²) in [7, 11) is 1.70. The fourth-order valence-corrected chi connectivity index (χ4v) is 5.40. The molecule has 0 aliphatic heterocycles. The molecule has 2 N–H and O–H groups in total. The molecule has 1 unspecified atom stereocenters. The van der Waals surface area contributed by atoms with Crippen molar-refractivity contribution in [3.8, 4) is 11.5 Å². The second kappa shape index (κ2) is 10.4. The Morgan fingerprint density at radius 1 is 0.926 bits per heavy atom. The quantitative estimate of drug-likeness (QED) is 0.365.